The molecule has 0 amide bonds. The predicted molar refractivity (Wildman–Crippen MR) is 48.7 cm³/mol. The average molecular weight is 194 g/mol. The first-order chi connectivity index (χ1) is 5.74. The van der Waals surface area contributed by atoms with Crippen LogP contribution in [0.1, 0.15) is 6.92 Å². The van der Waals surface area contributed by atoms with Crippen LogP contribution in [0.15, 0.2) is 0 Å². The second kappa shape index (κ2) is 6.56. The fraction of sp³-hybridized carbons (Fsp3) is 1.00. The van der Waals surface area contributed by atoms with E-state index < -0.39 is 15.7 Å². The molecule has 0 aromatic rings. The second-order valence-corrected chi connectivity index (χ2v) is 3.56. The lowest BCUT2D eigenvalue weighted by atomic mass is 10.6. The van der Waals surface area contributed by atoms with Crippen LogP contribution in [0, 0.1) is 0 Å². The van der Waals surface area contributed by atoms with Crippen LogP contribution in [-0.2, 0) is 18.6 Å². The van der Waals surface area contributed by atoms with Crippen molar-refractivity contribution >= 4 is 9.76 Å². The molecular formula is C7H18O4Si. The third kappa shape index (κ3) is 3.64. The predicted octanol–water partition coefficient (Wildman–Crippen LogP) is 0.118. The maximum atomic E-state index is 5.29. The second-order valence-electron chi connectivity index (χ2n) is 2.24. The third-order valence-corrected chi connectivity index (χ3v) is 3.20. The summed E-state index contributed by atoms with van der Waals surface area (Å²) in [6.45, 7) is 2.72. The monoisotopic (exact) mass is 194 g/mol. The number of methoxy groups -OCH3 is 3. The Bertz CT molecular complexity index is 97.3. The summed E-state index contributed by atoms with van der Waals surface area (Å²) in [4.78, 5) is 0. The Labute approximate surface area is 76.1 Å². The summed E-state index contributed by atoms with van der Waals surface area (Å²) >= 11 is 0. The Balaban J connectivity index is 3.76. The van der Waals surface area contributed by atoms with Gasteiger partial charge in [0.25, 0.3) is 5.97 Å². The van der Waals surface area contributed by atoms with E-state index in [-0.39, 0.29) is 0 Å². The van der Waals surface area contributed by atoms with Crippen molar-refractivity contribution in [3.8, 4) is 0 Å². The van der Waals surface area contributed by atoms with E-state index in [0.717, 1.165) is 6.61 Å². The molecule has 5 heteroatoms. The summed E-state index contributed by atoms with van der Waals surface area (Å²) in [6.07, 6.45) is 0. The molecule has 0 saturated heterocycles. The lowest BCUT2D eigenvalue weighted by molar-refractivity contribution is -0.340. The van der Waals surface area contributed by atoms with Gasteiger partial charge in [0.05, 0.1) is 0 Å². The molecular weight excluding hydrogens is 176 g/mol. The van der Waals surface area contributed by atoms with Gasteiger partial charge in [-0.3, -0.25) is 0 Å². The molecule has 4 nitrogen and oxygen atoms in total. The SMILES string of the molecule is CCO[SiH2]CC(OC)(OC)OC. The summed E-state index contributed by atoms with van der Waals surface area (Å²) in [5.74, 6) is -0.888. The van der Waals surface area contributed by atoms with Crippen molar-refractivity contribution in [3.05, 3.63) is 0 Å². The molecule has 0 aromatic carbocycles. The number of ether oxygens (including phenoxy) is 3. The van der Waals surface area contributed by atoms with Gasteiger partial charge in [-0.25, -0.2) is 0 Å². The number of hydrogen-bond acceptors (Lipinski definition) is 4. The maximum Gasteiger partial charge on any atom is 0.281 e. The van der Waals surface area contributed by atoms with Crippen molar-refractivity contribution in [2.45, 2.75) is 18.9 Å². The van der Waals surface area contributed by atoms with Crippen molar-refractivity contribution in [1.82, 2.24) is 0 Å². The summed E-state index contributed by atoms with van der Waals surface area (Å²) in [5, 5.41) is 0. The molecule has 12 heavy (non-hydrogen) atoms. The minimum absolute atomic E-state index is 0.601. The molecule has 0 saturated carbocycles. The highest BCUT2D eigenvalue weighted by Gasteiger charge is 2.28. The average Bonchev–Trinajstić information content (AvgIpc) is 2.14. The van der Waals surface area contributed by atoms with Crippen LogP contribution >= 0.6 is 0 Å². The number of rotatable bonds is 7. The smallest absolute Gasteiger partial charge is 0.281 e. The molecule has 0 aliphatic heterocycles. The summed E-state index contributed by atoms with van der Waals surface area (Å²) < 4.78 is 20.6. The molecule has 0 radical (unpaired) electrons. The molecule has 0 aliphatic rings. The summed E-state index contributed by atoms with van der Waals surface area (Å²) in [7, 11) is 4.09. The number of hydrogen-bond donors (Lipinski definition) is 0. The van der Waals surface area contributed by atoms with Gasteiger partial charge in [-0.05, 0) is 6.92 Å². The van der Waals surface area contributed by atoms with Crippen LogP contribution < -0.4 is 0 Å². The fourth-order valence-corrected chi connectivity index (χ4v) is 2.19. The Morgan fingerprint density at radius 2 is 1.58 bits per heavy atom. The Morgan fingerprint density at radius 3 is 1.92 bits per heavy atom. The van der Waals surface area contributed by atoms with Crippen molar-refractivity contribution < 1.29 is 18.6 Å². The van der Waals surface area contributed by atoms with Gasteiger partial charge >= 0.3 is 0 Å². The summed E-state index contributed by atoms with van der Waals surface area (Å²) in [6, 6.07) is 0.699. The summed E-state index contributed by atoms with van der Waals surface area (Å²) in [5.41, 5.74) is 0. The van der Waals surface area contributed by atoms with E-state index in [9.17, 15) is 0 Å². The van der Waals surface area contributed by atoms with Crippen LogP contribution in [0.4, 0.5) is 0 Å². The molecule has 74 valence electrons. The molecule has 0 fully saturated rings. The van der Waals surface area contributed by atoms with E-state index in [1.807, 2.05) is 6.92 Å². The maximum absolute atomic E-state index is 5.29. The van der Waals surface area contributed by atoms with Gasteiger partial charge in [-0.1, -0.05) is 0 Å². The van der Waals surface area contributed by atoms with Crippen molar-refractivity contribution in [2.24, 2.45) is 0 Å². The Hall–Kier alpha value is 0.0569. The zero-order valence-corrected chi connectivity index (χ0v) is 9.67. The van der Waals surface area contributed by atoms with Gasteiger partial charge in [0.1, 0.15) is 0 Å². The molecule has 0 atom stereocenters. The van der Waals surface area contributed by atoms with Crippen LogP contribution in [0.5, 0.6) is 0 Å². The van der Waals surface area contributed by atoms with Gasteiger partial charge in [0.2, 0.25) is 0 Å². The van der Waals surface area contributed by atoms with E-state index in [1.165, 1.54) is 0 Å². The molecule has 0 aliphatic carbocycles. The van der Waals surface area contributed by atoms with Gasteiger partial charge in [0, 0.05) is 34.0 Å². The van der Waals surface area contributed by atoms with Crippen LogP contribution in [0.3, 0.4) is 0 Å². The minimum atomic E-state index is -0.888. The van der Waals surface area contributed by atoms with E-state index in [1.54, 1.807) is 21.3 Å². The highest BCUT2D eigenvalue weighted by Crippen LogP contribution is 2.16. The topological polar surface area (TPSA) is 36.9 Å². The quantitative estimate of drug-likeness (QED) is 0.328. The normalized spacial score (nSPS) is 13.0. The van der Waals surface area contributed by atoms with Crippen molar-refractivity contribution in [3.63, 3.8) is 0 Å². The van der Waals surface area contributed by atoms with Crippen LogP contribution in [0.25, 0.3) is 0 Å². The molecule has 0 rings (SSSR count). The molecule has 0 spiro atoms. The first kappa shape index (κ1) is 12.1. The fourth-order valence-electron chi connectivity index (χ4n) is 0.898. The van der Waals surface area contributed by atoms with E-state index in [0.29, 0.717) is 6.04 Å². The van der Waals surface area contributed by atoms with E-state index in [2.05, 4.69) is 0 Å². The standard InChI is InChI=1S/C7H18O4Si/c1-5-11-12-6-7(8-2,9-3)10-4/h5-6,12H2,1-4H3. The highest BCUT2D eigenvalue weighted by atomic mass is 28.2. The molecule has 0 unspecified atom stereocenters. The zero-order chi connectivity index (χ0) is 9.45. The van der Waals surface area contributed by atoms with E-state index in [4.69, 9.17) is 18.6 Å². The van der Waals surface area contributed by atoms with Crippen molar-refractivity contribution in [1.29, 1.82) is 0 Å². The zero-order valence-electron chi connectivity index (χ0n) is 8.25. The van der Waals surface area contributed by atoms with Gasteiger partial charge in [-0.15, -0.1) is 0 Å². The van der Waals surface area contributed by atoms with E-state index >= 15 is 0 Å². The third-order valence-electron chi connectivity index (χ3n) is 1.69. The van der Waals surface area contributed by atoms with Crippen LogP contribution in [-0.4, -0.2) is 43.7 Å². The Morgan fingerprint density at radius 1 is 1.08 bits per heavy atom. The lowest BCUT2D eigenvalue weighted by Crippen LogP contribution is -2.37. The molecule has 0 heterocycles. The van der Waals surface area contributed by atoms with Crippen LogP contribution in [0.2, 0.25) is 6.04 Å². The lowest BCUT2D eigenvalue weighted by Gasteiger charge is -2.28. The van der Waals surface area contributed by atoms with Gasteiger partial charge in [0.15, 0.2) is 9.76 Å². The first-order valence-corrected chi connectivity index (χ1v) is 5.55. The molecule has 0 N–H and O–H groups in total. The highest BCUT2D eigenvalue weighted by molar-refractivity contribution is 6.27. The van der Waals surface area contributed by atoms with Gasteiger partial charge < -0.3 is 18.6 Å². The molecule has 0 aromatic heterocycles. The molecule has 0 bridgehead atoms. The largest absolute Gasteiger partial charge is 0.424 e. The van der Waals surface area contributed by atoms with Crippen molar-refractivity contribution in [2.75, 3.05) is 27.9 Å². The van der Waals surface area contributed by atoms with Gasteiger partial charge in [-0.2, -0.15) is 0 Å². The minimum Gasteiger partial charge on any atom is -0.424 e. The Kier molecular flexibility index (Phi) is 6.59. The first-order valence-electron chi connectivity index (χ1n) is 3.98.